The highest BCUT2D eigenvalue weighted by atomic mass is 35.5. The van der Waals surface area contributed by atoms with E-state index in [2.05, 4.69) is 10.4 Å². The van der Waals surface area contributed by atoms with Crippen LogP contribution in [0.1, 0.15) is 60.6 Å². The molecule has 15 heteroatoms. The van der Waals surface area contributed by atoms with Gasteiger partial charge in [-0.15, -0.1) is 12.4 Å². The molecule has 1 atom stereocenters. The van der Waals surface area contributed by atoms with Crippen LogP contribution >= 0.6 is 12.4 Å². The number of likely N-dealkylation sites (tertiary alicyclic amines) is 1. The first-order valence-corrected chi connectivity index (χ1v) is 12.4. The number of benzene rings is 1. The summed E-state index contributed by atoms with van der Waals surface area (Å²) in [5.74, 6) is -10.7. The van der Waals surface area contributed by atoms with Gasteiger partial charge in [0, 0.05) is 18.2 Å². The molecule has 0 radical (unpaired) electrons. The standard InChI is InChI=1S/C25H27F7N4O3.ClH/c26-23(27)13-35(14-24(23,28)29)10-9-15(11-21(37)38)33-22(39)19-12-20(36(34-19)16-5-1-2-6-16)17-7-3-4-8-18(17)25(30,31)32;/h3-4,7-8,12,15-16H,1-2,5-6,9-11,13-14H2,(H,33,39)(H,37,38);1H/t15-;/m0./s1. The fraction of sp³-hybridized carbons (Fsp3) is 0.560. The quantitative estimate of drug-likeness (QED) is 0.363. The van der Waals surface area contributed by atoms with E-state index in [1.165, 1.54) is 28.9 Å². The van der Waals surface area contributed by atoms with Crippen molar-refractivity contribution in [1.29, 1.82) is 0 Å². The number of nitrogens with one attached hydrogen (secondary N) is 1. The molecule has 1 saturated heterocycles. The summed E-state index contributed by atoms with van der Waals surface area (Å²) in [6.07, 6.45) is -2.55. The third-order valence-electron chi connectivity index (χ3n) is 7.08. The van der Waals surface area contributed by atoms with Gasteiger partial charge in [-0.2, -0.15) is 35.8 Å². The van der Waals surface area contributed by atoms with Crippen molar-refractivity contribution in [3.05, 3.63) is 41.6 Å². The van der Waals surface area contributed by atoms with E-state index in [9.17, 15) is 45.4 Å². The Morgan fingerprint density at radius 1 is 1.07 bits per heavy atom. The van der Waals surface area contributed by atoms with Gasteiger partial charge in [0.2, 0.25) is 0 Å². The van der Waals surface area contributed by atoms with Gasteiger partial charge in [0.05, 0.1) is 36.8 Å². The zero-order chi connectivity index (χ0) is 28.6. The number of hydrogen-bond acceptors (Lipinski definition) is 4. The van der Waals surface area contributed by atoms with Gasteiger partial charge in [-0.05, 0) is 31.4 Å². The molecule has 0 unspecified atom stereocenters. The van der Waals surface area contributed by atoms with Crippen molar-refractivity contribution in [2.75, 3.05) is 19.6 Å². The van der Waals surface area contributed by atoms with Crippen molar-refractivity contribution in [2.45, 2.75) is 68.6 Å². The maximum atomic E-state index is 13.7. The summed E-state index contributed by atoms with van der Waals surface area (Å²) in [5.41, 5.74) is -1.24. The Labute approximate surface area is 231 Å². The number of aliphatic carboxylic acids is 1. The molecule has 1 amide bonds. The summed E-state index contributed by atoms with van der Waals surface area (Å²) in [6.45, 7) is -2.74. The zero-order valence-electron chi connectivity index (χ0n) is 21.1. The number of halogens is 8. The molecule has 222 valence electrons. The van der Waals surface area contributed by atoms with Gasteiger partial charge >= 0.3 is 24.0 Å². The van der Waals surface area contributed by atoms with E-state index < -0.39 is 61.0 Å². The first-order valence-electron chi connectivity index (χ1n) is 12.4. The number of carbonyl (C=O) groups excluding carboxylic acids is 1. The Morgan fingerprint density at radius 3 is 2.25 bits per heavy atom. The smallest absolute Gasteiger partial charge is 0.417 e. The Kier molecular flexibility index (Phi) is 9.44. The van der Waals surface area contributed by atoms with Gasteiger partial charge in [-0.3, -0.25) is 19.2 Å². The molecule has 7 nitrogen and oxygen atoms in total. The average Bonchev–Trinajstić information content (AvgIpc) is 3.54. The summed E-state index contributed by atoms with van der Waals surface area (Å²) >= 11 is 0. The summed E-state index contributed by atoms with van der Waals surface area (Å²) in [5, 5.41) is 16.0. The van der Waals surface area contributed by atoms with Crippen molar-refractivity contribution >= 4 is 24.3 Å². The van der Waals surface area contributed by atoms with Crippen molar-refractivity contribution in [1.82, 2.24) is 20.0 Å². The number of carbonyl (C=O) groups is 2. The normalized spacial score (nSPS) is 19.8. The Balaban J connectivity index is 0.00000441. The van der Waals surface area contributed by atoms with Crippen LogP contribution in [0.4, 0.5) is 30.7 Å². The number of amides is 1. The number of hydrogen-bond donors (Lipinski definition) is 2. The number of aromatic nitrogens is 2. The van der Waals surface area contributed by atoms with Crippen molar-refractivity contribution in [2.24, 2.45) is 0 Å². The fourth-order valence-electron chi connectivity index (χ4n) is 5.13. The molecule has 40 heavy (non-hydrogen) atoms. The lowest BCUT2D eigenvalue weighted by Crippen LogP contribution is -2.39. The molecule has 2 heterocycles. The second-order valence-electron chi connectivity index (χ2n) is 10.0. The Bertz CT molecular complexity index is 1200. The molecule has 0 spiro atoms. The highest BCUT2D eigenvalue weighted by molar-refractivity contribution is 5.94. The lowest BCUT2D eigenvalue weighted by molar-refractivity contribution is -0.172. The number of carboxylic acids is 1. The Hall–Kier alpha value is -2.87. The summed E-state index contributed by atoms with van der Waals surface area (Å²) < 4.78 is 96.7. The van der Waals surface area contributed by atoms with Crippen LogP contribution in [-0.4, -0.2) is 69.2 Å². The van der Waals surface area contributed by atoms with E-state index in [0.29, 0.717) is 12.8 Å². The van der Waals surface area contributed by atoms with E-state index in [4.69, 9.17) is 0 Å². The fourth-order valence-corrected chi connectivity index (χ4v) is 5.13. The molecular weight excluding hydrogens is 573 g/mol. The first kappa shape index (κ1) is 31.7. The van der Waals surface area contributed by atoms with E-state index in [-0.39, 0.29) is 48.4 Å². The largest absolute Gasteiger partial charge is 0.481 e. The first-order chi connectivity index (χ1) is 18.2. The second-order valence-corrected chi connectivity index (χ2v) is 10.0. The molecule has 1 saturated carbocycles. The maximum Gasteiger partial charge on any atom is 0.417 e. The lowest BCUT2D eigenvalue weighted by atomic mass is 10.0. The number of carboxylic acid groups (broad SMARTS) is 1. The molecular formula is C25H28ClF7N4O3. The van der Waals surface area contributed by atoms with E-state index in [1.54, 1.807) is 0 Å². The average molecular weight is 601 g/mol. The maximum absolute atomic E-state index is 13.7. The van der Waals surface area contributed by atoms with Crippen molar-refractivity contribution in [3.63, 3.8) is 0 Å². The third-order valence-corrected chi connectivity index (χ3v) is 7.08. The Morgan fingerprint density at radius 2 is 1.68 bits per heavy atom. The predicted octanol–water partition coefficient (Wildman–Crippen LogP) is 5.66. The predicted molar refractivity (Wildman–Crippen MR) is 132 cm³/mol. The molecule has 0 bridgehead atoms. The van der Waals surface area contributed by atoms with Gasteiger partial charge in [0.25, 0.3) is 5.91 Å². The van der Waals surface area contributed by atoms with Crippen LogP contribution in [0.2, 0.25) is 0 Å². The molecule has 2 aromatic rings. The van der Waals surface area contributed by atoms with Crippen LogP contribution < -0.4 is 5.32 Å². The molecule has 2 aliphatic rings. The van der Waals surface area contributed by atoms with Gasteiger partial charge in [-0.25, -0.2) is 0 Å². The number of alkyl halides is 7. The minimum absolute atomic E-state index is 0. The topological polar surface area (TPSA) is 87.5 Å². The lowest BCUT2D eigenvalue weighted by Gasteiger charge is -2.20. The summed E-state index contributed by atoms with van der Waals surface area (Å²) in [6, 6.07) is 4.73. The highest BCUT2D eigenvalue weighted by Crippen LogP contribution is 2.41. The van der Waals surface area contributed by atoms with Gasteiger partial charge < -0.3 is 10.4 Å². The van der Waals surface area contributed by atoms with E-state index >= 15 is 0 Å². The highest BCUT2D eigenvalue weighted by Gasteiger charge is 2.62. The van der Waals surface area contributed by atoms with E-state index in [1.807, 2.05) is 0 Å². The summed E-state index contributed by atoms with van der Waals surface area (Å²) in [7, 11) is 0. The zero-order valence-corrected chi connectivity index (χ0v) is 21.9. The van der Waals surface area contributed by atoms with Crippen LogP contribution in [0, 0.1) is 0 Å². The molecule has 1 aromatic heterocycles. The molecule has 2 N–H and O–H groups in total. The van der Waals surface area contributed by atoms with Crippen LogP contribution in [0.15, 0.2) is 30.3 Å². The molecule has 4 rings (SSSR count). The second kappa shape index (κ2) is 11.9. The molecule has 1 aliphatic carbocycles. The minimum Gasteiger partial charge on any atom is -0.481 e. The minimum atomic E-state index is -4.67. The molecule has 1 aromatic carbocycles. The van der Waals surface area contributed by atoms with Crippen LogP contribution in [0.25, 0.3) is 11.3 Å². The SMILES string of the molecule is Cl.O=C(O)C[C@H](CCN1CC(F)(F)C(F)(F)C1)NC(=O)c1cc(-c2ccccc2C(F)(F)F)n(C2CCCC2)n1. The third kappa shape index (κ3) is 6.88. The van der Waals surface area contributed by atoms with Gasteiger partial charge in [0.15, 0.2) is 5.69 Å². The number of rotatable bonds is 9. The van der Waals surface area contributed by atoms with Crippen molar-refractivity contribution in [3.8, 4) is 11.3 Å². The van der Waals surface area contributed by atoms with E-state index in [0.717, 1.165) is 23.8 Å². The number of nitrogens with zero attached hydrogens (tertiary/aromatic N) is 3. The van der Waals surface area contributed by atoms with Gasteiger partial charge in [0.1, 0.15) is 0 Å². The molecule has 1 aliphatic heterocycles. The van der Waals surface area contributed by atoms with Crippen LogP contribution in [0.3, 0.4) is 0 Å². The van der Waals surface area contributed by atoms with Crippen LogP contribution in [0.5, 0.6) is 0 Å². The monoisotopic (exact) mass is 600 g/mol. The van der Waals surface area contributed by atoms with Crippen molar-refractivity contribution < 1.29 is 45.4 Å². The summed E-state index contributed by atoms with van der Waals surface area (Å²) in [4.78, 5) is 25.2. The van der Waals surface area contributed by atoms with Gasteiger partial charge in [-0.1, -0.05) is 31.0 Å². The molecule has 2 fully saturated rings. The van der Waals surface area contributed by atoms with Crippen LogP contribution in [-0.2, 0) is 11.0 Å².